The van der Waals surface area contributed by atoms with Crippen LogP contribution in [0, 0.1) is 0 Å². The van der Waals surface area contributed by atoms with Gasteiger partial charge in [-0.15, -0.1) is 0 Å². The molecule has 0 aliphatic carbocycles. The van der Waals surface area contributed by atoms with Gasteiger partial charge in [-0.3, -0.25) is 14.2 Å². The fourth-order valence-corrected chi connectivity index (χ4v) is 5.11. The quantitative estimate of drug-likeness (QED) is 0.300. The van der Waals surface area contributed by atoms with Gasteiger partial charge in [0.25, 0.3) is 5.56 Å². The monoisotopic (exact) mass is 449 g/mol. The number of hydrogen-bond acceptors (Lipinski definition) is 5. The third-order valence-corrected chi connectivity index (χ3v) is 6.86. The van der Waals surface area contributed by atoms with Crippen molar-refractivity contribution in [2.24, 2.45) is 0 Å². The molecule has 7 heteroatoms. The highest BCUT2D eigenvalue weighted by Gasteiger charge is 2.19. The molecule has 0 N–H and O–H groups in total. The van der Waals surface area contributed by atoms with Gasteiger partial charge in [0.15, 0.2) is 5.16 Å². The highest BCUT2D eigenvalue weighted by molar-refractivity contribution is 7.99. The molecule has 1 atom stereocenters. The van der Waals surface area contributed by atoms with Crippen LogP contribution in [0.1, 0.15) is 24.1 Å². The molecule has 5 nitrogen and oxygen atoms in total. The number of fused-ring (bicyclic) bond motifs is 1. The third kappa shape index (κ3) is 4.73. The molecule has 2 heterocycles. The number of carbonyl (C=O) groups excluding carboxylic acids is 1. The van der Waals surface area contributed by atoms with Gasteiger partial charge in [0, 0.05) is 13.6 Å². The van der Waals surface area contributed by atoms with Crippen molar-refractivity contribution in [3.05, 3.63) is 92.9 Å². The van der Waals surface area contributed by atoms with E-state index in [0.29, 0.717) is 22.6 Å². The Hall–Kier alpha value is -2.90. The Bertz CT molecular complexity index is 1240. The van der Waals surface area contributed by atoms with E-state index in [4.69, 9.17) is 4.98 Å². The number of hydrogen-bond donors (Lipinski definition) is 0. The Balaban J connectivity index is 1.64. The van der Waals surface area contributed by atoms with Gasteiger partial charge in [0.05, 0.1) is 22.7 Å². The van der Waals surface area contributed by atoms with Crippen LogP contribution in [0.3, 0.4) is 0 Å². The molecule has 0 saturated heterocycles. The van der Waals surface area contributed by atoms with Crippen LogP contribution >= 0.6 is 23.1 Å². The van der Waals surface area contributed by atoms with Crippen LogP contribution in [-0.2, 0) is 11.3 Å². The first-order chi connectivity index (χ1) is 15.0. The lowest BCUT2D eigenvalue weighted by atomic mass is 10.1. The van der Waals surface area contributed by atoms with Crippen molar-refractivity contribution >= 4 is 39.9 Å². The van der Waals surface area contributed by atoms with E-state index in [9.17, 15) is 9.59 Å². The summed E-state index contributed by atoms with van der Waals surface area (Å²) >= 11 is 2.93. The van der Waals surface area contributed by atoms with Crippen LogP contribution in [0.15, 0.2) is 81.4 Å². The maximum atomic E-state index is 13.4. The van der Waals surface area contributed by atoms with Crippen molar-refractivity contribution in [2.75, 3.05) is 12.8 Å². The molecule has 158 valence electrons. The van der Waals surface area contributed by atoms with Gasteiger partial charge < -0.3 is 4.90 Å². The zero-order chi connectivity index (χ0) is 21.8. The van der Waals surface area contributed by atoms with Crippen molar-refractivity contribution < 1.29 is 4.79 Å². The molecule has 4 rings (SSSR count). The summed E-state index contributed by atoms with van der Waals surface area (Å²) in [6.07, 6.45) is 0. The van der Waals surface area contributed by atoms with Gasteiger partial charge in [-0.05, 0) is 47.0 Å². The highest BCUT2D eigenvalue weighted by Crippen LogP contribution is 2.25. The third-order valence-electron chi connectivity index (χ3n) is 5.20. The SMILES string of the molecule is CC(c1ccccc1)n1c(SCC(=O)N(C)Cc2ccsc2)nc2ccccc2c1=O. The second-order valence-electron chi connectivity index (χ2n) is 7.34. The Labute approximate surface area is 189 Å². The van der Waals surface area contributed by atoms with Gasteiger partial charge in [0.2, 0.25) is 5.91 Å². The smallest absolute Gasteiger partial charge is 0.262 e. The molecule has 0 bridgehead atoms. The van der Waals surface area contributed by atoms with Crippen molar-refractivity contribution in [2.45, 2.75) is 24.7 Å². The van der Waals surface area contributed by atoms with Crippen molar-refractivity contribution in [3.8, 4) is 0 Å². The number of nitrogens with zero attached hydrogens (tertiary/aromatic N) is 3. The molecular weight excluding hydrogens is 426 g/mol. The molecule has 0 spiro atoms. The summed E-state index contributed by atoms with van der Waals surface area (Å²) in [4.78, 5) is 32.6. The predicted octanol–water partition coefficient (Wildman–Crippen LogP) is 4.82. The van der Waals surface area contributed by atoms with Crippen LogP contribution in [0.2, 0.25) is 0 Å². The van der Waals surface area contributed by atoms with E-state index in [1.165, 1.54) is 11.8 Å². The largest absolute Gasteiger partial charge is 0.341 e. The molecule has 1 unspecified atom stereocenters. The molecule has 2 aromatic heterocycles. The predicted molar refractivity (Wildman–Crippen MR) is 128 cm³/mol. The lowest BCUT2D eigenvalue weighted by Gasteiger charge is -2.21. The average molecular weight is 450 g/mol. The van der Waals surface area contributed by atoms with E-state index in [0.717, 1.165) is 11.1 Å². The number of para-hydroxylation sites is 1. The summed E-state index contributed by atoms with van der Waals surface area (Å²) in [6, 6.07) is 19.0. The minimum absolute atomic E-state index is 0.00229. The Morgan fingerprint density at radius 1 is 1.13 bits per heavy atom. The van der Waals surface area contributed by atoms with E-state index < -0.39 is 0 Å². The van der Waals surface area contributed by atoms with Crippen molar-refractivity contribution in [3.63, 3.8) is 0 Å². The fraction of sp³-hybridized carbons (Fsp3) is 0.208. The Kier molecular flexibility index (Phi) is 6.53. The summed E-state index contributed by atoms with van der Waals surface area (Å²) in [5.41, 5.74) is 2.68. The molecule has 0 aliphatic rings. The van der Waals surface area contributed by atoms with Gasteiger partial charge >= 0.3 is 0 Å². The first kappa shape index (κ1) is 21.3. The second kappa shape index (κ2) is 9.49. The molecule has 2 aromatic carbocycles. The molecule has 0 aliphatic heterocycles. The Morgan fingerprint density at radius 2 is 1.87 bits per heavy atom. The van der Waals surface area contributed by atoms with E-state index in [1.807, 2.05) is 72.3 Å². The normalized spacial score (nSPS) is 12.1. The maximum absolute atomic E-state index is 13.4. The van der Waals surface area contributed by atoms with E-state index >= 15 is 0 Å². The summed E-state index contributed by atoms with van der Waals surface area (Å²) in [5.74, 6) is 0.213. The lowest BCUT2D eigenvalue weighted by Crippen LogP contribution is -2.29. The van der Waals surface area contributed by atoms with Gasteiger partial charge in [-0.2, -0.15) is 11.3 Å². The first-order valence-electron chi connectivity index (χ1n) is 9.98. The fourth-order valence-electron chi connectivity index (χ4n) is 3.43. The number of amides is 1. The number of thiophene rings is 1. The van der Waals surface area contributed by atoms with E-state index in [2.05, 4.69) is 0 Å². The summed E-state index contributed by atoms with van der Waals surface area (Å²) in [5, 5.41) is 5.18. The number of benzene rings is 2. The summed E-state index contributed by atoms with van der Waals surface area (Å²) in [7, 11) is 1.80. The van der Waals surface area contributed by atoms with E-state index in [-0.39, 0.29) is 23.3 Å². The average Bonchev–Trinajstić information content (AvgIpc) is 3.31. The molecule has 0 fully saturated rings. The zero-order valence-corrected chi connectivity index (χ0v) is 19.0. The standard InChI is InChI=1S/C24H23N3O2S2/c1-17(19-8-4-3-5-9-19)27-23(29)20-10-6-7-11-21(20)25-24(27)31-16-22(28)26(2)14-18-12-13-30-15-18/h3-13,15,17H,14,16H2,1-2H3. The maximum Gasteiger partial charge on any atom is 0.262 e. The number of thioether (sulfide) groups is 1. The molecule has 4 aromatic rings. The Morgan fingerprint density at radius 3 is 2.61 bits per heavy atom. The number of aromatic nitrogens is 2. The van der Waals surface area contributed by atoms with Gasteiger partial charge in [-0.1, -0.05) is 54.2 Å². The second-order valence-corrected chi connectivity index (χ2v) is 9.07. The number of rotatable bonds is 7. The molecule has 31 heavy (non-hydrogen) atoms. The number of carbonyl (C=O) groups is 1. The summed E-state index contributed by atoms with van der Waals surface area (Å²) in [6.45, 7) is 2.56. The van der Waals surface area contributed by atoms with Crippen LogP contribution in [-0.4, -0.2) is 33.2 Å². The van der Waals surface area contributed by atoms with Crippen LogP contribution in [0.25, 0.3) is 10.9 Å². The van der Waals surface area contributed by atoms with Crippen LogP contribution < -0.4 is 5.56 Å². The summed E-state index contributed by atoms with van der Waals surface area (Å²) < 4.78 is 1.70. The first-order valence-corrected chi connectivity index (χ1v) is 11.9. The molecule has 0 radical (unpaired) electrons. The zero-order valence-electron chi connectivity index (χ0n) is 17.4. The minimum atomic E-state index is -0.202. The molecular formula is C24H23N3O2S2. The minimum Gasteiger partial charge on any atom is -0.341 e. The van der Waals surface area contributed by atoms with Gasteiger partial charge in [0.1, 0.15) is 0 Å². The van der Waals surface area contributed by atoms with Crippen molar-refractivity contribution in [1.82, 2.24) is 14.5 Å². The topological polar surface area (TPSA) is 55.2 Å². The van der Waals surface area contributed by atoms with Crippen LogP contribution in [0.4, 0.5) is 0 Å². The van der Waals surface area contributed by atoms with E-state index in [1.54, 1.807) is 33.9 Å². The van der Waals surface area contributed by atoms with Crippen LogP contribution in [0.5, 0.6) is 0 Å². The lowest BCUT2D eigenvalue weighted by molar-refractivity contribution is -0.127. The van der Waals surface area contributed by atoms with Gasteiger partial charge in [-0.25, -0.2) is 4.98 Å². The molecule has 0 saturated carbocycles. The molecule has 1 amide bonds. The van der Waals surface area contributed by atoms with Crippen molar-refractivity contribution in [1.29, 1.82) is 0 Å². The highest BCUT2D eigenvalue weighted by atomic mass is 32.2.